The molecule has 0 bridgehead atoms. The van der Waals surface area contributed by atoms with Crippen molar-refractivity contribution in [1.82, 2.24) is 8.61 Å². The standard InChI is InChI=1S/C20H18Br4N2O8S4/c21-11-1-3-13(23)19(5-11)37(31,32)25-15-7-35(27,28)9-17(15)26(18-10-36(29,30)8-16(18)25)38(33,34)20-6-12(22)2-4-14(20)24/h1-6,15-18H,7-10H2/t15-,16+,17+,18-. The van der Waals surface area contributed by atoms with Crippen LogP contribution in [0.25, 0.3) is 0 Å². The highest BCUT2D eigenvalue weighted by molar-refractivity contribution is 9.11. The first kappa shape index (κ1) is 29.6. The highest BCUT2D eigenvalue weighted by atomic mass is 79.9. The number of halogens is 4. The van der Waals surface area contributed by atoms with Gasteiger partial charge in [-0.2, -0.15) is 8.61 Å². The molecule has 2 aromatic carbocycles. The number of fused-ring (bicyclic) bond motifs is 2. The van der Waals surface area contributed by atoms with Gasteiger partial charge in [0.2, 0.25) is 20.0 Å². The van der Waals surface area contributed by atoms with Crippen LogP contribution in [0.2, 0.25) is 0 Å². The van der Waals surface area contributed by atoms with Gasteiger partial charge in [-0.1, -0.05) is 31.9 Å². The van der Waals surface area contributed by atoms with E-state index < -0.39 is 86.9 Å². The van der Waals surface area contributed by atoms with E-state index in [1.807, 2.05) is 0 Å². The molecule has 0 radical (unpaired) electrons. The average Bonchev–Trinajstić information content (AvgIpc) is 3.26. The second-order valence-electron chi connectivity index (χ2n) is 9.24. The van der Waals surface area contributed by atoms with E-state index in [-0.39, 0.29) is 18.7 Å². The lowest BCUT2D eigenvalue weighted by atomic mass is 10.0. The van der Waals surface area contributed by atoms with Crippen LogP contribution < -0.4 is 0 Å². The van der Waals surface area contributed by atoms with Gasteiger partial charge in [0, 0.05) is 17.9 Å². The summed E-state index contributed by atoms with van der Waals surface area (Å²) in [7, 11) is -16.7. The van der Waals surface area contributed by atoms with Crippen LogP contribution in [0.4, 0.5) is 0 Å². The Kier molecular flexibility index (Phi) is 7.65. The molecule has 0 spiro atoms. The third-order valence-corrected chi connectivity index (χ3v) is 17.1. The fourth-order valence-corrected chi connectivity index (χ4v) is 16.3. The van der Waals surface area contributed by atoms with E-state index in [2.05, 4.69) is 63.7 Å². The summed E-state index contributed by atoms with van der Waals surface area (Å²) in [6.07, 6.45) is 0. The number of hydrogen-bond acceptors (Lipinski definition) is 8. The van der Waals surface area contributed by atoms with Crippen LogP contribution >= 0.6 is 63.7 Å². The minimum Gasteiger partial charge on any atom is -0.229 e. The quantitative estimate of drug-likeness (QED) is 0.457. The highest BCUT2D eigenvalue weighted by Gasteiger charge is 2.64. The van der Waals surface area contributed by atoms with Crippen molar-refractivity contribution in [2.24, 2.45) is 0 Å². The van der Waals surface area contributed by atoms with Gasteiger partial charge in [0.15, 0.2) is 19.7 Å². The van der Waals surface area contributed by atoms with Crippen LogP contribution in [-0.4, -0.2) is 89.5 Å². The van der Waals surface area contributed by atoms with Crippen LogP contribution in [0.3, 0.4) is 0 Å². The van der Waals surface area contributed by atoms with Crippen molar-refractivity contribution in [2.75, 3.05) is 23.0 Å². The molecule has 3 aliphatic rings. The summed E-state index contributed by atoms with van der Waals surface area (Å²) < 4.78 is 111. The van der Waals surface area contributed by atoms with Gasteiger partial charge in [0.1, 0.15) is 0 Å². The van der Waals surface area contributed by atoms with Gasteiger partial charge in [-0.3, -0.25) is 0 Å². The summed E-state index contributed by atoms with van der Waals surface area (Å²) in [6.45, 7) is 0. The zero-order valence-electron chi connectivity index (χ0n) is 18.9. The molecule has 3 aliphatic heterocycles. The van der Waals surface area contributed by atoms with Crippen molar-refractivity contribution >= 4 is 103 Å². The number of rotatable bonds is 4. The zero-order chi connectivity index (χ0) is 28.0. The second-order valence-corrected chi connectivity index (χ2v) is 20.7. The maximum atomic E-state index is 14.1. The Balaban J connectivity index is 1.75. The Bertz CT molecular complexity index is 1610. The monoisotopic (exact) mass is 858 g/mol. The Morgan fingerprint density at radius 1 is 0.579 bits per heavy atom. The fourth-order valence-electron chi connectivity index (χ4n) is 5.38. The van der Waals surface area contributed by atoms with Crippen LogP contribution in [0.1, 0.15) is 0 Å². The van der Waals surface area contributed by atoms with Gasteiger partial charge >= 0.3 is 0 Å². The van der Waals surface area contributed by atoms with E-state index in [4.69, 9.17) is 0 Å². The van der Waals surface area contributed by atoms with E-state index in [1.54, 1.807) is 12.1 Å². The van der Waals surface area contributed by atoms with E-state index in [9.17, 15) is 33.7 Å². The van der Waals surface area contributed by atoms with Gasteiger partial charge in [-0.05, 0) is 68.3 Å². The van der Waals surface area contributed by atoms with Gasteiger partial charge in [-0.25, -0.2) is 33.7 Å². The molecule has 0 amide bonds. The molecule has 2 aromatic rings. The molecular weight excluding hydrogens is 844 g/mol. The molecule has 3 fully saturated rings. The topological polar surface area (TPSA) is 143 Å². The predicted octanol–water partition coefficient (Wildman–Crippen LogP) is 2.76. The summed E-state index contributed by atoms with van der Waals surface area (Å²) in [6, 6.07) is 3.55. The molecule has 18 heteroatoms. The van der Waals surface area contributed by atoms with E-state index in [0.717, 1.165) is 8.61 Å². The van der Waals surface area contributed by atoms with Crippen LogP contribution in [-0.2, 0) is 39.7 Å². The van der Waals surface area contributed by atoms with Crippen LogP contribution in [0.15, 0.2) is 64.1 Å². The third kappa shape index (κ3) is 5.02. The number of nitrogens with zero attached hydrogens (tertiary/aromatic N) is 2. The molecule has 38 heavy (non-hydrogen) atoms. The highest BCUT2D eigenvalue weighted by Crippen LogP contribution is 2.45. The first-order chi connectivity index (χ1) is 17.4. The van der Waals surface area contributed by atoms with Crippen molar-refractivity contribution in [3.63, 3.8) is 0 Å². The molecule has 0 aromatic heterocycles. The van der Waals surface area contributed by atoms with Gasteiger partial charge < -0.3 is 0 Å². The minimum absolute atomic E-state index is 0.191. The lowest BCUT2D eigenvalue weighted by Gasteiger charge is -2.49. The number of sulfonamides is 2. The summed E-state index contributed by atoms with van der Waals surface area (Å²) >= 11 is 13.0. The predicted molar refractivity (Wildman–Crippen MR) is 154 cm³/mol. The Hall–Kier alpha value is 0.0800. The van der Waals surface area contributed by atoms with E-state index in [0.29, 0.717) is 8.95 Å². The zero-order valence-corrected chi connectivity index (χ0v) is 28.5. The first-order valence-electron chi connectivity index (χ1n) is 10.8. The lowest BCUT2D eigenvalue weighted by molar-refractivity contribution is 0.0841. The summed E-state index contributed by atoms with van der Waals surface area (Å²) in [5.41, 5.74) is 0. The van der Waals surface area contributed by atoms with Crippen LogP contribution in [0.5, 0.6) is 0 Å². The molecule has 0 N–H and O–H groups in total. The SMILES string of the molecule is O=S1(=O)C[C@@H]2[C@H](C1)N(S(=O)(=O)c1cc(Br)ccc1Br)[C@@H]1CS(=O)(=O)C[C@@H]1N2S(=O)(=O)c1cc(Br)ccc1Br. The molecule has 10 nitrogen and oxygen atoms in total. The molecular formula is C20H18Br4N2O8S4. The Morgan fingerprint density at radius 2 is 0.868 bits per heavy atom. The Morgan fingerprint density at radius 3 is 1.16 bits per heavy atom. The van der Waals surface area contributed by atoms with Crippen molar-refractivity contribution in [3.8, 4) is 0 Å². The number of piperazine rings is 1. The first-order valence-corrected chi connectivity index (χ1v) is 20.5. The summed E-state index contributed by atoms with van der Waals surface area (Å²) in [5.74, 6) is -2.57. The lowest BCUT2D eigenvalue weighted by Crippen LogP contribution is -2.69. The van der Waals surface area contributed by atoms with Crippen LogP contribution in [0, 0.1) is 0 Å². The number of benzene rings is 2. The average molecular weight is 862 g/mol. The molecule has 0 aliphatic carbocycles. The van der Waals surface area contributed by atoms with Crippen molar-refractivity contribution in [2.45, 2.75) is 34.0 Å². The summed E-state index contributed by atoms with van der Waals surface area (Å²) in [5, 5.41) is 0. The maximum absolute atomic E-state index is 14.1. The number of sulfone groups is 2. The minimum atomic E-state index is -4.48. The molecule has 208 valence electrons. The van der Waals surface area contributed by atoms with Gasteiger partial charge in [0.05, 0.1) is 57.0 Å². The van der Waals surface area contributed by atoms with Gasteiger partial charge in [0.25, 0.3) is 0 Å². The normalized spacial score (nSPS) is 29.2. The van der Waals surface area contributed by atoms with E-state index >= 15 is 0 Å². The largest absolute Gasteiger partial charge is 0.244 e. The number of hydrogen-bond donors (Lipinski definition) is 0. The molecule has 3 saturated heterocycles. The van der Waals surface area contributed by atoms with Gasteiger partial charge in [-0.15, -0.1) is 0 Å². The second kappa shape index (κ2) is 9.83. The molecule has 4 atom stereocenters. The molecule has 5 rings (SSSR count). The smallest absolute Gasteiger partial charge is 0.229 e. The van der Waals surface area contributed by atoms with E-state index in [1.165, 1.54) is 24.3 Å². The maximum Gasteiger partial charge on any atom is 0.244 e. The molecule has 0 saturated carbocycles. The molecule has 0 unspecified atom stereocenters. The van der Waals surface area contributed by atoms with Crippen molar-refractivity contribution in [3.05, 3.63) is 54.3 Å². The molecule has 3 heterocycles. The summed E-state index contributed by atoms with van der Waals surface area (Å²) in [4.78, 5) is -0.381. The Labute approximate surface area is 254 Å². The van der Waals surface area contributed by atoms with Crippen molar-refractivity contribution < 1.29 is 33.7 Å². The van der Waals surface area contributed by atoms with Crippen molar-refractivity contribution in [1.29, 1.82) is 0 Å². The third-order valence-electron chi connectivity index (χ3n) is 6.79. The fraction of sp³-hybridized carbons (Fsp3) is 0.400.